The number of benzene rings is 1. The molecule has 1 aromatic carbocycles. The van der Waals surface area contributed by atoms with Gasteiger partial charge in [0.1, 0.15) is 11.3 Å². The summed E-state index contributed by atoms with van der Waals surface area (Å²) in [6, 6.07) is 7.07. The van der Waals surface area contributed by atoms with E-state index in [0.717, 1.165) is 6.42 Å². The number of ether oxygens (including phenoxy) is 1. The average Bonchev–Trinajstić information content (AvgIpc) is 2.37. The van der Waals surface area contributed by atoms with Gasteiger partial charge in [-0.3, -0.25) is 14.9 Å². The number of hydrogen-bond acceptors (Lipinski definition) is 4. The molecule has 3 N–H and O–H groups in total. The number of amides is 1. The number of para-hydroxylation sites is 2. The number of anilines is 1. The minimum Gasteiger partial charge on any atom is -0.495 e. The SMILES string of the molecule is COc1ccccc1NC(=O)CNC1(C(=O)O)CCC1. The van der Waals surface area contributed by atoms with Gasteiger partial charge in [0.2, 0.25) is 5.91 Å². The fourth-order valence-electron chi connectivity index (χ4n) is 2.19. The second-order valence-corrected chi connectivity index (χ2v) is 4.84. The number of carboxylic acids is 1. The van der Waals surface area contributed by atoms with Crippen molar-refractivity contribution in [3.05, 3.63) is 24.3 Å². The van der Waals surface area contributed by atoms with Gasteiger partial charge in [0, 0.05) is 0 Å². The normalized spacial score (nSPS) is 16.1. The molecule has 1 amide bonds. The fourth-order valence-corrected chi connectivity index (χ4v) is 2.19. The second-order valence-electron chi connectivity index (χ2n) is 4.84. The highest BCUT2D eigenvalue weighted by Crippen LogP contribution is 2.31. The molecule has 0 aromatic heterocycles. The number of nitrogens with one attached hydrogen (secondary N) is 2. The smallest absolute Gasteiger partial charge is 0.323 e. The summed E-state index contributed by atoms with van der Waals surface area (Å²) in [5.41, 5.74) is -0.363. The predicted molar refractivity (Wildman–Crippen MR) is 73.8 cm³/mol. The second kappa shape index (κ2) is 5.92. The maximum absolute atomic E-state index is 11.9. The van der Waals surface area contributed by atoms with Crippen molar-refractivity contribution in [2.75, 3.05) is 19.0 Å². The largest absolute Gasteiger partial charge is 0.495 e. The van der Waals surface area contributed by atoms with Crippen molar-refractivity contribution in [1.82, 2.24) is 5.32 Å². The standard InChI is InChI=1S/C14H18N2O4/c1-20-11-6-3-2-5-10(11)16-12(17)9-15-14(13(18)19)7-4-8-14/h2-3,5-6,15H,4,7-9H2,1H3,(H,16,17)(H,18,19). The van der Waals surface area contributed by atoms with E-state index in [4.69, 9.17) is 9.84 Å². The van der Waals surface area contributed by atoms with Gasteiger partial charge >= 0.3 is 5.97 Å². The first-order chi connectivity index (χ1) is 9.57. The van der Waals surface area contributed by atoms with Crippen molar-refractivity contribution >= 4 is 17.6 Å². The Morgan fingerprint density at radius 1 is 1.35 bits per heavy atom. The first kappa shape index (κ1) is 14.3. The van der Waals surface area contributed by atoms with Crippen LogP contribution in [0.1, 0.15) is 19.3 Å². The lowest BCUT2D eigenvalue weighted by atomic mass is 9.77. The zero-order chi connectivity index (χ0) is 14.6. The summed E-state index contributed by atoms with van der Waals surface area (Å²) in [4.78, 5) is 23.0. The molecule has 0 unspecified atom stereocenters. The number of carbonyl (C=O) groups excluding carboxylic acids is 1. The number of hydrogen-bond donors (Lipinski definition) is 3. The van der Waals surface area contributed by atoms with Crippen molar-refractivity contribution < 1.29 is 19.4 Å². The molecule has 1 aliphatic rings. The van der Waals surface area contributed by atoms with Crippen molar-refractivity contribution in [3.8, 4) is 5.75 Å². The Hall–Kier alpha value is -2.08. The van der Waals surface area contributed by atoms with Crippen LogP contribution in [-0.4, -0.2) is 36.2 Å². The minimum absolute atomic E-state index is 0.0374. The first-order valence-electron chi connectivity index (χ1n) is 6.49. The van der Waals surface area contributed by atoms with Gasteiger partial charge in [0.05, 0.1) is 19.3 Å². The van der Waals surface area contributed by atoms with E-state index in [1.165, 1.54) is 7.11 Å². The Kier molecular flexibility index (Phi) is 4.24. The average molecular weight is 278 g/mol. The molecule has 1 aromatic rings. The van der Waals surface area contributed by atoms with Gasteiger partial charge in [-0.05, 0) is 31.4 Å². The summed E-state index contributed by atoms with van der Waals surface area (Å²) < 4.78 is 5.13. The minimum atomic E-state index is -0.932. The van der Waals surface area contributed by atoms with Gasteiger partial charge in [-0.1, -0.05) is 12.1 Å². The van der Waals surface area contributed by atoms with Gasteiger partial charge < -0.3 is 15.2 Å². The molecule has 0 aliphatic heterocycles. The van der Waals surface area contributed by atoms with Gasteiger partial charge in [0.15, 0.2) is 0 Å². The highest BCUT2D eigenvalue weighted by atomic mass is 16.5. The molecule has 108 valence electrons. The third kappa shape index (κ3) is 2.91. The van der Waals surface area contributed by atoms with Crippen LogP contribution in [0.25, 0.3) is 0 Å². The molecule has 0 bridgehead atoms. The van der Waals surface area contributed by atoms with E-state index >= 15 is 0 Å². The third-order valence-corrected chi connectivity index (χ3v) is 3.58. The van der Waals surface area contributed by atoms with E-state index in [2.05, 4.69) is 10.6 Å². The Morgan fingerprint density at radius 2 is 2.05 bits per heavy atom. The molecule has 0 atom stereocenters. The van der Waals surface area contributed by atoms with Gasteiger partial charge in [-0.25, -0.2) is 0 Å². The molecule has 1 saturated carbocycles. The van der Waals surface area contributed by atoms with Crippen LogP contribution in [0.3, 0.4) is 0 Å². The molecule has 6 nitrogen and oxygen atoms in total. The molecule has 20 heavy (non-hydrogen) atoms. The summed E-state index contributed by atoms with van der Waals surface area (Å²) in [6.07, 6.45) is 1.99. The first-order valence-corrected chi connectivity index (χ1v) is 6.49. The summed E-state index contributed by atoms with van der Waals surface area (Å²) in [7, 11) is 1.52. The zero-order valence-electron chi connectivity index (χ0n) is 11.3. The van der Waals surface area contributed by atoms with Crippen molar-refractivity contribution in [2.45, 2.75) is 24.8 Å². The molecule has 1 aliphatic carbocycles. The maximum Gasteiger partial charge on any atom is 0.323 e. The van der Waals surface area contributed by atoms with Gasteiger partial charge in [0.25, 0.3) is 0 Å². The van der Waals surface area contributed by atoms with E-state index in [1.54, 1.807) is 24.3 Å². The van der Waals surface area contributed by atoms with Crippen LogP contribution < -0.4 is 15.4 Å². The molecule has 2 rings (SSSR count). The van der Waals surface area contributed by atoms with E-state index in [0.29, 0.717) is 24.3 Å². The Morgan fingerprint density at radius 3 is 2.60 bits per heavy atom. The van der Waals surface area contributed by atoms with Crippen molar-refractivity contribution in [2.24, 2.45) is 0 Å². The number of aliphatic carboxylic acids is 1. The van der Waals surface area contributed by atoms with Crippen molar-refractivity contribution in [1.29, 1.82) is 0 Å². The number of rotatable bonds is 6. The summed E-state index contributed by atoms with van der Waals surface area (Å²) in [5, 5.41) is 14.7. The molecule has 0 radical (unpaired) electrons. The fraction of sp³-hybridized carbons (Fsp3) is 0.429. The lowest BCUT2D eigenvalue weighted by molar-refractivity contribution is -0.148. The lowest BCUT2D eigenvalue weighted by Gasteiger charge is -2.38. The number of carboxylic acid groups (broad SMARTS) is 1. The lowest BCUT2D eigenvalue weighted by Crippen LogP contribution is -2.58. The van der Waals surface area contributed by atoms with E-state index in [1.807, 2.05) is 0 Å². The third-order valence-electron chi connectivity index (χ3n) is 3.58. The van der Waals surface area contributed by atoms with Crippen LogP contribution in [0.4, 0.5) is 5.69 Å². The van der Waals surface area contributed by atoms with Crippen LogP contribution in [0.2, 0.25) is 0 Å². The molecule has 0 saturated heterocycles. The van der Waals surface area contributed by atoms with Crippen LogP contribution in [0.5, 0.6) is 5.75 Å². The molecule has 1 fully saturated rings. The Bertz CT molecular complexity index is 512. The predicted octanol–water partition coefficient (Wildman–Crippen LogP) is 1.23. The van der Waals surface area contributed by atoms with E-state index in [-0.39, 0.29) is 12.5 Å². The number of carbonyl (C=O) groups is 2. The Labute approximate surface area is 117 Å². The molecule has 6 heteroatoms. The summed E-state index contributed by atoms with van der Waals surface area (Å²) >= 11 is 0. The molecule has 0 spiro atoms. The quantitative estimate of drug-likeness (QED) is 0.728. The topological polar surface area (TPSA) is 87.7 Å². The van der Waals surface area contributed by atoms with Crippen LogP contribution in [0.15, 0.2) is 24.3 Å². The van der Waals surface area contributed by atoms with Crippen LogP contribution in [0, 0.1) is 0 Å². The van der Waals surface area contributed by atoms with Crippen LogP contribution in [-0.2, 0) is 9.59 Å². The van der Waals surface area contributed by atoms with E-state index in [9.17, 15) is 9.59 Å². The van der Waals surface area contributed by atoms with Crippen LogP contribution >= 0.6 is 0 Å². The Balaban J connectivity index is 1.91. The maximum atomic E-state index is 11.9. The summed E-state index contributed by atoms with van der Waals surface area (Å²) in [6.45, 7) is -0.0374. The van der Waals surface area contributed by atoms with Gasteiger partial charge in [-0.2, -0.15) is 0 Å². The highest BCUT2D eigenvalue weighted by molar-refractivity contribution is 5.94. The summed E-state index contributed by atoms with van der Waals surface area (Å²) in [5.74, 6) is -0.617. The van der Waals surface area contributed by atoms with E-state index < -0.39 is 11.5 Å². The molecular formula is C14H18N2O4. The molecule has 0 heterocycles. The highest BCUT2D eigenvalue weighted by Gasteiger charge is 2.44. The zero-order valence-corrected chi connectivity index (χ0v) is 11.3. The monoisotopic (exact) mass is 278 g/mol. The van der Waals surface area contributed by atoms with Crippen molar-refractivity contribution in [3.63, 3.8) is 0 Å². The van der Waals surface area contributed by atoms with Gasteiger partial charge in [-0.15, -0.1) is 0 Å². The number of methoxy groups -OCH3 is 1. The molecular weight excluding hydrogens is 260 g/mol.